The normalized spacial score (nSPS) is 12.6. The van der Waals surface area contributed by atoms with E-state index in [1.807, 2.05) is 42.5 Å². The molecule has 0 aliphatic carbocycles. The van der Waals surface area contributed by atoms with E-state index in [4.69, 9.17) is 8.83 Å². The molecule has 2 heterocycles. The van der Waals surface area contributed by atoms with Gasteiger partial charge in [-0.1, -0.05) is 12.1 Å². The van der Waals surface area contributed by atoms with Gasteiger partial charge in [0.2, 0.25) is 11.8 Å². The minimum atomic E-state index is -0.988. The van der Waals surface area contributed by atoms with Crippen LogP contribution >= 0.6 is 0 Å². The highest BCUT2D eigenvalue weighted by molar-refractivity contribution is 7.84. The van der Waals surface area contributed by atoms with Gasteiger partial charge in [-0.05, 0) is 35.9 Å². The van der Waals surface area contributed by atoms with Crippen LogP contribution in [0.2, 0.25) is 0 Å². The molecule has 2 aromatic heterocycles. The smallest absolute Gasteiger partial charge is 0.247 e. The van der Waals surface area contributed by atoms with Crippen molar-refractivity contribution in [2.75, 3.05) is 6.26 Å². The summed E-state index contributed by atoms with van der Waals surface area (Å²) < 4.78 is 22.7. The summed E-state index contributed by atoms with van der Waals surface area (Å²) in [5.41, 5.74) is 3.60. The lowest BCUT2D eigenvalue weighted by Gasteiger charge is -2.02. The van der Waals surface area contributed by atoms with Crippen LogP contribution in [-0.2, 0) is 10.8 Å². The van der Waals surface area contributed by atoms with Crippen molar-refractivity contribution in [3.05, 3.63) is 54.6 Å². The molecule has 2 aromatic carbocycles. The van der Waals surface area contributed by atoms with Crippen molar-refractivity contribution in [1.29, 1.82) is 0 Å². The molecule has 0 aliphatic rings. The molecule has 5 nitrogen and oxygen atoms in total. The molecule has 1 atom stereocenters. The van der Waals surface area contributed by atoms with Gasteiger partial charge in [0.05, 0.1) is 6.26 Å². The second kappa shape index (κ2) is 5.72. The average molecular weight is 338 g/mol. The maximum atomic E-state index is 11.5. The fourth-order valence-corrected chi connectivity index (χ4v) is 3.14. The zero-order chi connectivity index (χ0) is 16.7. The van der Waals surface area contributed by atoms with Crippen molar-refractivity contribution in [1.82, 2.24) is 10.2 Å². The predicted octanol–water partition coefficient (Wildman–Crippen LogP) is 4.20. The molecular weight excluding hydrogens is 324 g/mol. The maximum absolute atomic E-state index is 11.5. The summed E-state index contributed by atoms with van der Waals surface area (Å²) in [5.74, 6) is 1.01. The van der Waals surface area contributed by atoms with E-state index in [0.29, 0.717) is 11.8 Å². The number of nitrogens with zero attached hydrogens (tertiary/aromatic N) is 2. The lowest BCUT2D eigenvalue weighted by molar-refractivity contribution is 0.533. The Morgan fingerprint density at radius 1 is 1.00 bits per heavy atom. The highest BCUT2D eigenvalue weighted by Crippen LogP contribution is 2.33. The number of aryl methyl sites for hydroxylation is 1. The van der Waals surface area contributed by atoms with Gasteiger partial charge in [0.25, 0.3) is 0 Å². The fourth-order valence-electron chi connectivity index (χ4n) is 2.63. The van der Waals surface area contributed by atoms with E-state index in [1.54, 1.807) is 19.4 Å². The first-order valence-corrected chi connectivity index (χ1v) is 8.93. The summed E-state index contributed by atoms with van der Waals surface area (Å²) in [6.45, 7) is 1.76. The molecule has 0 saturated carbocycles. The van der Waals surface area contributed by atoms with Gasteiger partial charge in [0.1, 0.15) is 5.58 Å². The number of benzene rings is 2. The zero-order valence-electron chi connectivity index (χ0n) is 13.1. The number of hydrogen-bond acceptors (Lipinski definition) is 5. The Labute approximate surface area is 140 Å². The molecule has 6 heteroatoms. The van der Waals surface area contributed by atoms with Crippen LogP contribution in [-0.4, -0.2) is 20.7 Å². The van der Waals surface area contributed by atoms with Crippen molar-refractivity contribution in [3.8, 4) is 22.6 Å². The van der Waals surface area contributed by atoms with E-state index in [9.17, 15) is 4.21 Å². The lowest BCUT2D eigenvalue weighted by Crippen LogP contribution is -1.86. The summed E-state index contributed by atoms with van der Waals surface area (Å²) in [5, 5.41) is 8.89. The molecule has 0 unspecified atom stereocenters. The third kappa shape index (κ3) is 2.55. The second-order valence-electron chi connectivity index (χ2n) is 5.47. The molecule has 0 saturated heterocycles. The summed E-state index contributed by atoms with van der Waals surface area (Å²) in [6, 6.07) is 13.4. The van der Waals surface area contributed by atoms with E-state index >= 15 is 0 Å². The van der Waals surface area contributed by atoms with E-state index in [1.165, 1.54) is 0 Å². The summed E-state index contributed by atoms with van der Waals surface area (Å²) in [4.78, 5) is 0.800. The van der Waals surface area contributed by atoms with Crippen LogP contribution in [0.3, 0.4) is 0 Å². The Morgan fingerprint density at radius 2 is 1.75 bits per heavy atom. The second-order valence-corrected chi connectivity index (χ2v) is 6.84. The monoisotopic (exact) mass is 338 g/mol. The third-order valence-corrected chi connectivity index (χ3v) is 4.78. The lowest BCUT2D eigenvalue weighted by atomic mass is 10.0. The van der Waals surface area contributed by atoms with Crippen molar-refractivity contribution in [2.24, 2.45) is 0 Å². The average Bonchev–Trinajstić information content (AvgIpc) is 3.20. The molecule has 4 aromatic rings. The molecule has 0 amide bonds. The molecule has 0 spiro atoms. The van der Waals surface area contributed by atoms with E-state index in [2.05, 4.69) is 10.2 Å². The summed E-state index contributed by atoms with van der Waals surface area (Å²) in [7, 11) is -0.988. The van der Waals surface area contributed by atoms with Crippen LogP contribution < -0.4 is 0 Å². The highest BCUT2D eigenvalue weighted by atomic mass is 32.2. The van der Waals surface area contributed by atoms with Crippen LogP contribution in [0.4, 0.5) is 0 Å². The first kappa shape index (κ1) is 14.8. The van der Waals surface area contributed by atoms with Gasteiger partial charge in [-0.3, -0.25) is 4.21 Å². The van der Waals surface area contributed by atoms with Gasteiger partial charge in [0, 0.05) is 45.4 Å². The minimum absolute atomic E-state index is 0.485. The number of fused-ring (bicyclic) bond motifs is 1. The minimum Gasteiger partial charge on any atom is -0.464 e. The quantitative estimate of drug-likeness (QED) is 0.560. The molecule has 0 fully saturated rings. The van der Waals surface area contributed by atoms with Gasteiger partial charge < -0.3 is 8.83 Å². The maximum Gasteiger partial charge on any atom is 0.247 e. The molecule has 0 radical (unpaired) electrons. The van der Waals surface area contributed by atoms with Crippen LogP contribution in [0.15, 0.2) is 62.5 Å². The standard InChI is InChI=1S/C18H14N2O3S/c1-11-19-20-18(23-11)13-5-8-17-15(9-13)16(10-22-17)12-3-6-14(7-4-12)24(2)21/h3-10H,1-2H3/t24-/m0/s1. The Hall–Kier alpha value is -2.73. The van der Waals surface area contributed by atoms with Gasteiger partial charge in [-0.15, -0.1) is 10.2 Å². The molecule has 0 bridgehead atoms. The summed E-state index contributed by atoms with van der Waals surface area (Å²) >= 11 is 0. The number of aromatic nitrogens is 2. The topological polar surface area (TPSA) is 69.1 Å². The molecule has 0 N–H and O–H groups in total. The Kier molecular flexibility index (Phi) is 3.54. The van der Waals surface area contributed by atoms with Gasteiger partial charge in [0.15, 0.2) is 0 Å². The number of furan rings is 1. The largest absolute Gasteiger partial charge is 0.464 e. The van der Waals surface area contributed by atoms with Crippen molar-refractivity contribution < 1.29 is 13.0 Å². The predicted molar refractivity (Wildman–Crippen MR) is 92.0 cm³/mol. The van der Waals surface area contributed by atoms with Crippen LogP contribution in [0, 0.1) is 6.92 Å². The SMILES string of the molecule is Cc1nnc(-c2ccc3occ(-c4ccc([S@](C)=O)cc4)c3c2)o1. The van der Waals surface area contributed by atoms with Crippen LogP contribution in [0.5, 0.6) is 0 Å². The Morgan fingerprint density at radius 3 is 2.42 bits per heavy atom. The molecular formula is C18H14N2O3S. The Bertz CT molecular complexity index is 1050. The molecule has 4 rings (SSSR count). The zero-order valence-corrected chi connectivity index (χ0v) is 14.0. The van der Waals surface area contributed by atoms with Crippen LogP contribution in [0.1, 0.15) is 5.89 Å². The molecule has 0 aliphatic heterocycles. The first-order chi connectivity index (χ1) is 11.6. The fraction of sp³-hybridized carbons (Fsp3) is 0.111. The Balaban J connectivity index is 1.82. The van der Waals surface area contributed by atoms with Gasteiger partial charge in [-0.25, -0.2) is 0 Å². The van der Waals surface area contributed by atoms with Crippen molar-refractivity contribution in [2.45, 2.75) is 11.8 Å². The van der Waals surface area contributed by atoms with Crippen molar-refractivity contribution >= 4 is 21.8 Å². The van der Waals surface area contributed by atoms with Crippen molar-refractivity contribution in [3.63, 3.8) is 0 Å². The molecule has 120 valence electrons. The number of hydrogen-bond donors (Lipinski definition) is 0. The summed E-state index contributed by atoms with van der Waals surface area (Å²) in [6.07, 6.45) is 3.40. The van der Waals surface area contributed by atoms with E-state index in [-0.39, 0.29) is 0 Å². The van der Waals surface area contributed by atoms with E-state index in [0.717, 1.165) is 32.6 Å². The molecule has 24 heavy (non-hydrogen) atoms. The highest BCUT2D eigenvalue weighted by Gasteiger charge is 2.12. The number of rotatable bonds is 3. The van der Waals surface area contributed by atoms with Gasteiger partial charge >= 0.3 is 0 Å². The van der Waals surface area contributed by atoms with E-state index < -0.39 is 10.8 Å². The van der Waals surface area contributed by atoms with Gasteiger partial charge in [-0.2, -0.15) is 0 Å². The van der Waals surface area contributed by atoms with Crippen LogP contribution in [0.25, 0.3) is 33.6 Å². The third-order valence-electron chi connectivity index (χ3n) is 3.84. The first-order valence-electron chi connectivity index (χ1n) is 7.37.